The van der Waals surface area contributed by atoms with Crippen molar-refractivity contribution in [1.82, 2.24) is 4.98 Å². The van der Waals surface area contributed by atoms with Crippen LogP contribution >= 0.6 is 0 Å². The van der Waals surface area contributed by atoms with Crippen molar-refractivity contribution in [1.29, 1.82) is 0 Å². The van der Waals surface area contributed by atoms with Gasteiger partial charge in [0.1, 0.15) is 17.9 Å². The minimum Gasteiger partial charge on any atom is -0.506 e. The maximum absolute atomic E-state index is 9.76. The molecule has 0 spiro atoms. The van der Waals surface area contributed by atoms with Gasteiger partial charge in [0.25, 0.3) is 0 Å². The third-order valence-corrected chi connectivity index (χ3v) is 2.90. The van der Waals surface area contributed by atoms with Gasteiger partial charge in [-0.25, -0.2) is 4.98 Å². The molecule has 0 saturated heterocycles. The predicted molar refractivity (Wildman–Crippen MR) is 74.2 cm³/mol. The number of para-hydroxylation sites is 1. The van der Waals surface area contributed by atoms with Crippen LogP contribution in [0.15, 0.2) is 60.7 Å². The number of fused-ring (bicyclic) bond motifs is 1. The van der Waals surface area contributed by atoms with Crippen LogP contribution in [0.3, 0.4) is 0 Å². The zero-order chi connectivity index (χ0) is 13.1. The summed E-state index contributed by atoms with van der Waals surface area (Å²) in [5, 5.41) is 10.7. The molecule has 94 valence electrons. The van der Waals surface area contributed by atoms with E-state index in [1.165, 1.54) is 0 Å². The van der Waals surface area contributed by atoms with Crippen molar-refractivity contribution in [2.24, 2.45) is 0 Å². The lowest BCUT2D eigenvalue weighted by molar-refractivity contribution is 0.295. The number of rotatable bonds is 3. The molecule has 0 aliphatic heterocycles. The monoisotopic (exact) mass is 251 g/mol. The summed E-state index contributed by atoms with van der Waals surface area (Å²) < 4.78 is 5.63. The lowest BCUT2D eigenvalue weighted by atomic mass is 10.2. The Labute approximate surface area is 111 Å². The highest BCUT2D eigenvalue weighted by Crippen LogP contribution is 2.24. The van der Waals surface area contributed by atoms with Gasteiger partial charge in [0.05, 0.1) is 0 Å². The Morgan fingerprint density at radius 1 is 0.895 bits per heavy atom. The van der Waals surface area contributed by atoms with E-state index in [9.17, 15) is 5.11 Å². The third kappa shape index (κ3) is 2.50. The van der Waals surface area contributed by atoms with Crippen molar-refractivity contribution in [2.45, 2.75) is 6.61 Å². The second-order valence-corrected chi connectivity index (χ2v) is 4.27. The highest BCUT2D eigenvalue weighted by atomic mass is 16.5. The first-order chi connectivity index (χ1) is 9.33. The Morgan fingerprint density at radius 3 is 2.58 bits per heavy atom. The maximum Gasteiger partial charge on any atom is 0.214 e. The highest BCUT2D eigenvalue weighted by Gasteiger charge is 2.03. The van der Waals surface area contributed by atoms with E-state index in [1.54, 1.807) is 12.1 Å². The number of benzene rings is 2. The summed E-state index contributed by atoms with van der Waals surface area (Å²) in [6.07, 6.45) is 0. The lowest BCUT2D eigenvalue weighted by Crippen LogP contribution is -1.97. The number of hydrogen-bond donors (Lipinski definition) is 1. The van der Waals surface area contributed by atoms with Crippen LogP contribution in [-0.2, 0) is 6.61 Å². The van der Waals surface area contributed by atoms with Crippen LogP contribution in [-0.4, -0.2) is 10.1 Å². The van der Waals surface area contributed by atoms with Gasteiger partial charge in [0.2, 0.25) is 5.88 Å². The molecule has 0 amide bonds. The summed E-state index contributed by atoms with van der Waals surface area (Å²) >= 11 is 0. The van der Waals surface area contributed by atoms with E-state index in [2.05, 4.69) is 4.98 Å². The standard InChI is InChI=1S/C16H13NO2/c18-14-8-4-7-13-9-10-15(17-16(13)14)19-11-12-5-2-1-3-6-12/h1-10,18H,11H2. The van der Waals surface area contributed by atoms with E-state index < -0.39 is 0 Å². The molecule has 0 fully saturated rings. The Kier molecular flexibility index (Phi) is 3.02. The summed E-state index contributed by atoms with van der Waals surface area (Å²) in [6.45, 7) is 0.465. The Bertz CT molecular complexity index is 695. The number of phenols is 1. The van der Waals surface area contributed by atoms with Crippen LogP contribution in [0.1, 0.15) is 5.56 Å². The van der Waals surface area contributed by atoms with Crippen LogP contribution in [0.5, 0.6) is 11.6 Å². The Morgan fingerprint density at radius 2 is 1.74 bits per heavy atom. The van der Waals surface area contributed by atoms with E-state index in [0.717, 1.165) is 10.9 Å². The second-order valence-electron chi connectivity index (χ2n) is 4.27. The quantitative estimate of drug-likeness (QED) is 0.774. The van der Waals surface area contributed by atoms with Gasteiger partial charge >= 0.3 is 0 Å². The number of phenolic OH excluding ortho intramolecular Hbond substituents is 1. The molecule has 0 bridgehead atoms. The van der Waals surface area contributed by atoms with Crippen molar-refractivity contribution in [2.75, 3.05) is 0 Å². The summed E-state index contributed by atoms with van der Waals surface area (Å²) in [5.74, 6) is 0.681. The minimum atomic E-state index is 0.169. The summed E-state index contributed by atoms with van der Waals surface area (Å²) in [6, 6.07) is 18.9. The summed E-state index contributed by atoms with van der Waals surface area (Å²) in [5.41, 5.74) is 1.65. The number of ether oxygens (including phenoxy) is 1. The van der Waals surface area contributed by atoms with Gasteiger partial charge in [-0.3, -0.25) is 0 Å². The number of nitrogens with zero attached hydrogens (tertiary/aromatic N) is 1. The Balaban J connectivity index is 1.84. The average Bonchev–Trinajstić information content (AvgIpc) is 2.47. The van der Waals surface area contributed by atoms with Gasteiger partial charge in [-0.05, 0) is 17.7 Å². The fourth-order valence-electron chi connectivity index (χ4n) is 1.93. The smallest absolute Gasteiger partial charge is 0.214 e. The van der Waals surface area contributed by atoms with Gasteiger partial charge < -0.3 is 9.84 Å². The molecule has 0 atom stereocenters. The molecule has 1 aromatic heterocycles. The van der Waals surface area contributed by atoms with E-state index in [-0.39, 0.29) is 5.75 Å². The van der Waals surface area contributed by atoms with Gasteiger partial charge in [0, 0.05) is 11.5 Å². The van der Waals surface area contributed by atoms with E-state index in [1.807, 2.05) is 48.5 Å². The third-order valence-electron chi connectivity index (χ3n) is 2.90. The first kappa shape index (κ1) is 11.5. The molecule has 2 aromatic carbocycles. The molecule has 0 saturated carbocycles. The van der Waals surface area contributed by atoms with Crippen LogP contribution in [0, 0.1) is 0 Å². The first-order valence-corrected chi connectivity index (χ1v) is 6.08. The molecule has 0 unspecified atom stereocenters. The van der Waals surface area contributed by atoms with Crippen LogP contribution in [0.4, 0.5) is 0 Å². The van der Waals surface area contributed by atoms with E-state index in [4.69, 9.17) is 4.74 Å². The molecule has 3 heteroatoms. The molecule has 0 aliphatic carbocycles. The molecule has 3 rings (SSSR count). The predicted octanol–water partition coefficient (Wildman–Crippen LogP) is 3.52. The zero-order valence-electron chi connectivity index (χ0n) is 10.3. The molecule has 0 aliphatic rings. The molecular formula is C16H13NO2. The molecule has 19 heavy (non-hydrogen) atoms. The molecular weight excluding hydrogens is 238 g/mol. The zero-order valence-corrected chi connectivity index (χ0v) is 10.3. The van der Waals surface area contributed by atoms with Gasteiger partial charge in [-0.2, -0.15) is 0 Å². The van der Waals surface area contributed by atoms with Crippen molar-refractivity contribution in [3.63, 3.8) is 0 Å². The lowest BCUT2D eigenvalue weighted by Gasteiger charge is -2.07. The largest absolute Gasteiger partial charge is 0.506 e. The van der Waals surface area contributed by atoms with Crippen LogP contribution in [0.25, 0.3) is 10.9 Å². The van der Waals surface area contributed by atoms with Gasteiger partial charge in [-0.1, -0.05) is 42.5 Å². The van der Waals surface area contributed by atoms with E-state index in [0.29, 0.717) is 18.0 Å². The van der Waals surface area contributed by atoms with E-state index >= 15 is 0 Å². The molecule has 3 aromatic rings. The highest BCUT2D eigenvalue weighted by molar-refractivity contribution is 5.84. The van der Waals surface area contributed by atoms with Gasteiger partial charge in [0.15, 0.2) is 0 Å². The van der Waals surface area contributed by atoms with Crippen LogP contribution in [0.2, 0.25) is 0 Å². The number of pyridine rings is 1. The SMILES string of the molecule is Oc1cccc2ccc(OCc3ccccc3)nc12. The summed E-state index contributed by atoms with van der Waals surface area (Å²) in [7, 11) is 0. The van der Waals surface area contributed by atoms with Crippen molar-refractivity contribution >= 4 is 10.9 Å². The molecule has 1 heterocycles. The molecule has 1 N–H and O–H groups in total. The minimum absolute atomic E-state index is 0.169. The first-order valence-electron chi connectivity index (χ1n) is 6.08. The number of hydrogen-bond acceptors (Lipinski definition) is 3. The van der Waals surface area contributed by atoms with Gasteiger partial charge in [-0.15, -0.1) is 0 Å². The fraction of sp³-hybridized carbons (Fsp3) is 0.0625. The maximum atomic E-state index is 9.76. The number of aromatic nitrogens is 1. The van der Waals surface area contributed by atoms with Crippen LogP contribution < -0.4 is 4.74 Å². The summed E-state index contributed by atoms with van der Waals surface area (Å²) in [4.78, 5) is 4.32. The van der Waals surface area contributed by atoms with Crippen molar-refractivity contribution < 1.29 is 9.84 Å². The molecule has 3 nitrogen and oxygen atoms in total. The second kappa shape index (κ2) is 4.98. The normalized spacial score (nSPS) is 10.5. The Hall–Kier alpha value is -2.55. The fourth-order valence-corrected chi connectivity index (χ4v) is 1.93. The van der Waals surface area contributed by atoms with Crippen molar-refractivity contribution in [3.8, 4) is 11.6 Å². The topological polar surface area (TPSA) is 42.4 Å². The molecule has 0 radical (unpaired) electrons. The number of aromatic hydroxyl groups is 1. The van der Waals surface area contributed by atoms with Crippen molar-refractivity contribution in [3.05, 3.63) is 66.2 Å². The average molecular weight is 251 g/mol.